The number of anilines is 1. The summed E-state index contributed by atoms with van der Waals surface area (Å²) < 4.78 is 84.9. The number of methoxy groups -OCH3 is 1. The maximum absolute atomic E-state index is 14.6. The highest BCUT2D eigenvalue weighted by atomic mass is 32.2. The predicted octanol–water partition coefficient (Wildman–Crippen LogP) is 4.30. The molecular formula is C21H16F4N6O4S. The zero-order chi connectivity index (χ0) is 26.8. The molecule has 3 aromatic rings. The topological polar surface area (TPSA) is 151 Å². The largest absolute Gasteiger partial charge is 0.478 e. The Bertz CT molecular complexity index is 1500. The third kappa shape index (κ3) is 5.49. The first-order chi connectivity index (χ1) is 16.8. The minimum atomic E-state index is -4.98. The molecule has 15 heteroatoms. The van der Waals surface area contributed by atoms with Gasteiger partial charge in [0.25, 0.3) is 17.7 Å². The van der Waals surface area contributed by atoms with E-state index >= 15 is 0 Å². The quantitative estimate of drug-likeness (QED) is 0.453. The molecule has 36 heavy (non-hydrogen) atoms. The van der Waals surface area contributed by atoms with Crippen LogP contribution in [-0.2, 0) is 15.9 Å². The highest BCUT2D eigenvalue weighted by Gasteiger charge is 2.38. The minimum Gasteiger partial charge on any atom is -0.478 e. The number of carbonyl (C=O) groups excluding carboxylic acids is 1. The van der Waals surface area contributed by atoms with Crippen LogP contribution in [-0.4, -0.2) is 38.7 Å². The third-order valence-corrected chi connectivity index (χ3v) is 5.78. The molecule has 10 nitrogen and oxygen atoms in total. The molecule has 0 spiro atoms. The molecule has 3 rings (SSSR count). The Morgan fingerprint density at radius 2 is 1.92 bits per heavy atom. The van der Waals surface area contributed by atoms with Crippen molar-refractivity contribution in [3.63, 3.8) is 0 Å². The van der Waals surface area contributed by atoms with E-state index in [1.807, 2.05) is 0 Å². The molecule has 2 N–H and O–H groups in total. The maximum atomic E-state index is 14.6. The molecule has 0 bridgehead atoms. The molecule has 0 saturated heterocycles. The van der Waals surface area contributed by atoms with Crippen LogP contribution in [0.2, 0.25) is 0 Å². The van der Waals surface area contributed by atoms with Gasteiger partial charge in [-0.1, -0.05) is 6.07 Å². The Balaban J connectivity index is 2.14. The van der Waals surface area contributed by atoms with Gasteiger partial charge >= 0.3 is 6.18 Å². The number of aromatic nitrogens is 3. The van der Waals surface area contributed by atoms with E-state index in [1.54, 1.807) is 6.07 Å². The van der Waals surface area contributed by atoms with Gasteiger partial charge in [0.15, 0.2) is 11.5 Å². The van der Waals surface area contributed by atoms with Crippen LogP contribution in [0.4, 0.5) is 23.2 Å². The molecular weight excluding hydrogens is 508 g/mol. The summed E-state index contributed by atoms with van der Waals surface area (Å²) in [5.74, 6) is -4.39. The third-order valence-electron chi connectivity index (χ3n) is 4.63. The van der Waals surface area contributed by atoms with Gasteiger partial charge in [0.05, 0.1) is 16.8 Å². The van der Waals surface area contributed by atoms with Crippen LogP contribution in [0, 0.1) is 28.9 Å². The van der Waals surface area contributed by atoms with E-state index in [0.717, 1.165) is 20.3 Å². The highest BCUT2D eigenvalue weighted by molar-refractivity contribution is 7.91. The fraction of sp³-hybridized carbons (Fsp3) is 0.190. The van der Waals surface area contributed by atoms with Crippen molar-refractivity contribution in [2.75, 3.05) is 18.7 Å². The summed E-state index contributed by atoms with van der Waals surface area (Å²) in [7, 11) is -2.08. The number of pyridine rings is 1. The Morgan fingerprint density at radius 3 is 2.50 bits per heavy atom. The predicted molar refractivity (Wildman–Crippen MR) is 117 cm³/mol. The average Bonchev–Trinajstić information content (AvgIpc) is 2.78. The summed E-state index contributed by atoms with van der Waals surface area (Å²) in [5, 5.41) is 17.7. The fourth-order valence-electron chi connectivity index (χ4n) is 2.98. The number of nitrogens with one attached hydrogen (secondary N) is 2. The van der Waals surface area contributed by atoms with Gasteiger partial charge < -0.3 is 14.8 Å². The van der Waals surface area contributed by atoms with Gasteiger partial charge in [0, 0.05) is 22.9 Å². The van der Waals surface area contributed by atoms with Gasteiger partial charge in [0.1, 0.15) is 17.3 Å². The lowest BCUT2D eigenvalue weighted by molar-refractivity contribution is -0.142. The number of nitrogens with zero attached hydrogens (tertiary/aromatic N) is 4. The summed E-state index contributed by atoms with van der Waals surface area (Å²) in [6.45, 7) is 0.947. The first-order valence-corrected chi connectivity index (χ1v) is 11.6. The molecule has 0 radical (unpaired) electrons. The van der Waals surface area contributed by atoms with Gasteiger partial charge in [0.2, 0.25) is 5.75 Å². The second kappa shape index (κ2) is 9.74. The molecule has 1 aromatic carbocycles. The standard InChI is InChI=1S/C21H16F4N6O4S/c1-10-15(18(32)28-11-5-4-6-13(7-11)36(3,27)33)19(31-30-17(10)21(23,24)25)35-16-14(22)8-12(9-26)29-20(16)34-2/h4-8,27H,1-3H3,(H,28,32). The van der Waals surface area contributed by atoms with Gasteiger partial charge in [-0.25, -0.2) is 13.4 Å². The number of hydrogen-bond donors (Lipinski definition) is 2. The molecule has 0 saturated carbocycles. The van der Waals surface area contributed by atoms with Crippen LogP contribution >= 0.6 is 0 Å². The molecule has 0 fully saturated rings. The number of alkyl halides is 3. The van der Waals surface area contributed by atoms with Crippen LogP contribution in [0.3, 0.4) is 0 Å². The molecule has 2 aromatic heterocycles. The smallest absolute Gasteiger partial charge is 0.435 e. The van der Waals surface area contributed by atoms with Crippen molar-refractivity contribution in [1.82, 2.24) is 15.2 Å². The van der Waals surface area contributed by atoms with E-state index in [4.69, 9.17) is 19.5 Å². The molecule has 188 valence electrons. The van der Waals surface area contributed by atoms with Crippen LogP contribution in [0.5, 0.6) is 17.5 Å². The van der Waals surface area contributed by atoms with Crippen molar-refractivity contribution >= 4 is 21.3 Å². The summed E-state index contributed by atoms with van der Waals surface area (Å²) in [4.78, 5) is 16.9. The number of halogens is 4. The second-order valence-electron chi connectivity index (χ2n) is 7.22. The van der Waals surface area contributed by atoms with Crippen LogP contribution < -0.4 is 14.8 Å². The van der Waals surface area contributed by atoms with Crippen molar-refractivity contribution in [1.29, 1.82) is 10.0 Å². The SMILES string of the molecule is COc1nc(C#N)cc(F)c1Oc1nnc(C(F)(F)F)c(C)c1C(=O)Nc1cccc(S(C)(=N)=O)c1. The lowest BCUT2D eigenvalue weighted by Crippen LogP contribution is -2.21. The van der Waals surface area contributed by atoms with E-state index in [9.17, 15) is 26.6 Å². The number of carbonyl (C=O) groups is 1. The van der Waals surface area contributed by atoms with Crippen LogP contribution in [0.15, 0.2) is 35.2 Å². The number of ether oxygens (including phenoxy) is 2. The van der Waals surface area contributed by atoms with Crippen molar-refractivity contribution in [2.24, 2.45) is 0 Å². The maximum Gasteiger partial charge on any atom is 0.435 e. The molecule has 1 amide bonds. The van der Waals surface area contributed by atoms with Crippen LogP contribution in [0.1, 0.15) is 27.3 Å². The minimum absolute atomic E-state index is 0.0128. The average molecular weight is 524 g/mol. The Hall–Kier alpha value is -4.32. The molecule has 1 unspecified atom stereocenters. The zero-order valence-electron chi connectivity index (χ0n) is 18.7. The van der Waals surface area contributed by atoms with Crippen molar-refractivity contribution in [3.8, 4) is 23.6 Å². The van der Waals surface area contributed by atoms with E-state index < -0.39 is 62.0 Å². The van der Waals surface area contributed by atoms with E-state index in [-0.39, 0.29) is 16.3 Å². The Labute approximate surface area is 201 Å². The number of amides is 1. The Morgan fingerprint density at radius 1 is 1.22 bits per heavy atom. The molecule has 0 aliphatic heterocycles. The summed E-state index contributed by atoms with van der Waals surface area (Å²) in [5.41, 5.74) is -3.26. The Kier molecular flexibility index (Phi) is 7.11. The second-order valence-corrected chi connectivity index (χ2v) is 9.38. The van der Waals surface area contributed by atoms with Crippen molar-refractivity contribution < 1.29 is 36.0 Å². The van der Waals surface area contributed by atoms with Gasteiger partial charge in [-0.05, 0) is 30.7 Å². The zero-order valence-corrected chi connectivity index (χ0v) is 19.5. The lowest BCUT2D eigenvalue weighted by Gasteiger charge is -2.17. The number of nitriles is 1. The summed E-state index contributed by atoms with van der Waals surface area (Å²) in [6.07, 6.45) is -3.83. The van der Waals surface area contributed by atoms with Crippen molar-refractivity contribution in [2.45, 2.75) is 18.0 Å². The van der Waals surface area contributed by atoms with Gasteiger partial charge in [-0.15, -0.1) is 10.2 Å². The lowest BCUT2D eigenvalue weighted by atomic mass is 10.1. The van der Waals surface area contributed by atoms with Gasteiger partial charge in [-0.3, -0.25) is 4.79 Å². The van der Waals surface area contributed by atoms with Gasteiger partial charge in [-0.2, -0.15) is 23.4 Å². The number of benzene rings is 1. The normalized spacial score (nSPS) is 12.8. The summed E-state index contributed by atoms with van der Waals surface area (Å²) in [6, 6.07) is 7.64. The molecule has 0 aliphatic carbocycles. The first kappa shape index (κ1) is 26.3. The van der Waals surface area contributed by atoms with Crippen LogP contribution in [0.25, 0.3) is 0 Å². The fourth-order valence-corrected chi connectivity index (χ4v) is 3.67. The molecule has 2 heterocycles. The number of hydrogen-bond acceptors (Lipinski definition) is 9. The molecule has 0 aliphatic rings. The molecule has 1 atom stereocenters. The summed E-state index contributed by atoms with van der Waals surface area (Å²) >= 11 is 0. The van der Waals surface area contributed by atoms with Crippen molar-refractivity contribution in [3.05, 3.63) is 58.7 Å². The highest BCUT2D eigenvalue weighted by Crippen LogP contribution is 2.37. The monoisotopic (exact) mass is 524 g/mol. The van der Waals surface area contributed by atoms with E-state index in [1.165, 1.54) is 24.3 Å². The van der Waals surface area contributed by atoms with E-state index in [0.29, 0.717) is 6.07 Å². The first-order valence-electron chi connectivity index (χ1n) is 9.68. The van der Waals surface area contributed by atoms with E-state index in [2.05, 4.69) is 20.5 Å². The number of rotatable bonds is 6.